The van der Waals surface area contributed by atoms with E-state index in [1.165, 1.54) is 6.07 Å². The first-order valence-corrected chi connectivity index (χ1v) is 8.87. The first kappa shape index (κ1) is 18.2. The number of H-pyrrole nitrogens is 1. The van der Waals surface area contributed by atoms with Crippen LogP contribution in [0.15, 0.2) is 30.6 Å². The molecule has 0 spiro atoms. The molecule has 0 fully saturated rings. The van der Waals surface area contributed by atoms with Crippen LogP contribution >= 0.6 is 0 Å². The van der Waals surface area contributed by atoms with Gasteiger partial charge in [-0.1, -0.05) is 6.92 Å². The summed E-state index contributed by atoms with van der Waals surface area (Å²) in [6.45, 7) is 6.50. The lowest BCUT2D eigenvalue weighted by Crippen LogP contribution is -2.09. The summed E-state index contributed by atoms with van der Waals surface area (Å²) in [6, 6.07) is 5.13. The van der Waals surface area contributed by atoms with Gasteiger partial charge in [-0.25, -0.2) is 4.39 Å². The third-order valence-electron chi connectivity index (χ3n) is 4.58. The molecule has 1 N–H and O–H groups in total. The quantitative estimate of drug-likeness (QED) is 0.651. The zero-order valence-electron chi connectivity index (χ0n) is 15.4. The van der Waals surface area contributed by atoms with Crippen molar-refractivity contribution in [1.82, 2.24) is 14.8 Å². The lowest BCUT2D eigenvalue weighted by atomic mass is 9.95. The molecular weight excluding hydrogens is 333 g/mol. The van der Waals surface area contributed by atoms with Crippen LogP contribution in [0.4, 0.5) is 4.39 Å². The van der Waals surface area contributed by atoms with Crippen molar-refractivity contribution in [3.05, 3.63) is 47.7 Å². The average molecular weight is 357 g/mol. The van der Waals surface area contributed by atoms with Crippen LogP contribution in [0, 0.1) is 12.7 Å². The average Bonchev–Trinajstić information content (AvgIpc) is 3.18. The van der Waals surface area contributed by atoms with Crippen molar-refractivity contribution in [2.45, 2.75) is 46.1 Å². The van der Waals surface area contributed by atoms with Gasteiger partial charge < -0.3 is 14.5 Å². The van der Waals surface area contributed by atoms with Gasteiger partial charge in [0.05, 0.1) is 12.2 Å². The molecule has 1 aromatic carbocycles. The number of ketones is 1. The maximum Gasteiger partial charge on any atom is 0.167 e. The van der Waals surface area contributed by atoms with Crippen molar-refractivity contribution in [1.29, 1.82) is 0 Å². The van der Waals surface area contributed by atoms with Gasteiger partial charge >= 0.3 is 0 Å². The second-order valence-electron chi connectivity index (χ2n) is 6.78. The maximum atomic E-state index is 14.3. The Morgan fingerprint density at radius 2 is 2.23 bits per heavy atom. The Hall–Kier alpha value is -2.63. The molecule has 1 atom stereocenters. The molecular formula is C20H24FN3O2. The van der Waals surface area contributed by atoms with E-state index in [0.717, 1.165) is 28.6 Å². The normalized spacial score (nSPS) is 12.5. The molecule has 2 aromatic heterocycles. The number of nitrogens with one attached hydrogen (secondary N) is 1. The molecule has 0 bridgehead atoms. The fourth-order valence-electron chi connectivity index (χ4n) is 3.08. The first-order valence-electron chi connectivity index (χ1n) is 8.87. The molecule has 138 valence electrons. The number of fused-ring (bicyclic) bond motifs is 1. The number of hydrogen-bond acceptors (Lipinski definition) is 3. The van der Waals surface area contributed by atoms with Crippen molar-refractivity contribution in [3.8, 4) is 5.75 Å². The monoisotopic (exact) mass is 357 g/mol. The van der Waals surface area contributed by atoms with Crippen molar-refractivity contribution < 1.29 is 13.9 Å². The summed E-state index contributed by atoms with van der Waals surface area (Å²) in [4.78, 5) is 14.3. The third-order valence-corrected chi connectivity index (χ3v) is 4.58. The minimum absolute atomic E-state index is 0.181. The van der Waals surface area contributed by atoms with E-state index in [-0.39, 0.29) is 23.3 Å². The summed E-state index contributed by atoms with van der Waals surface area (Å²) < 4.78 is 21.7. The Kier molecular flexibility index (Phi) is 5.40. The van der Waals surface area contributed by atoms with E-state index in [9.17, 15) is 9.18 Å². The van der Waals surface area contributed by atoms with E-state index in [1.807, 2.05) is 25.4 Å². The summed E-state index contributed by atoms with van der Waals surface area (Å²) >= 11 is 0. The predicted octanol–water partition coefficient (Wildman–Crippen LogP) is 4.36. The Bertz CT molecular complexity index is 913. The predicted molar refractivity (Wildman–Crippen MR) is 99.0 cm³/mol. The fraction of sp³-hybridized carbons (Fsp3) is 0.400. The number of aromatic amines is 1. The zero-order valence-corrected chi connectivity index (χ0v) is 15.4. The minimum atomic E-state index is -0.390. The number of ether oxygens (including phenoxy) is 1. The van der Waals surface area contributed by atoms with Crippen molar-refractivity contribution in [2.75, 3.05) is 6.61 Å². The number of carbonyl (C=O) groups excluding carboxylic acids is 1. The summed E-state index contributed by atoms with van der Waals surface area (Å²) in [7, 11) is 0. The molecule has 3 rings (SSSR count). The van der Waals surface area contributed by atoms with Gasteiger partial charge in [0.1, 0.15) is 12.4 Å². The highest BCUT2D eigenvalue weighted by Crippen LogP contribution is 2.32. The molecule has 0 saturated heterocycles. The van der Waals surface area contributed by atoms with Gasteiger partial charge in [-0.15, -0.1) is 0 Å². The number of Topliss-reactive ketones (excluding diaryl/α,β-unsaturated/α-hetero) is 1. The van der Waals surface area contributed by atoms with Gasteiger partial charge in [-0.3, -0.25) is 4.68 Å². The van der Waals surface area contributed by atoms with Crippen LogP contribution in [0.3, 0.4) is 0 Å². The lowest BCUT2D eigenvalue weighted by Gasteiger charge is -2.11. The van der Waals surface area contributed by atoms with Crippen LogP contribution in [0.2, 0.25) is 0 Å². The second kappa shape index (κ2) is 7.72. The van der Waals surface area contributed by atoms with Crippen LogP contribution in [-0.2, 0) is 11.3 Å². The van der Waals surface area contributed by atoms with Crippen LogP contribution in [0.25, 0.3) is 10.9 Å². The number of halogens is 1. The summed E-state index contributed by atoms with van der Waals surface area (Å²) in [6.07, 6.45) is 5.08. The minimum Gasteiger partial charge on any atom is -0.489 e. The van der Waals surface area contributed by atoms with Crippen LogP contribution in [0.1, 0.15) is 43.9 Å². The Labute approximate surface area is 152 Å². The molecule has 0 radical (unpaired) electrons. The number of rotatable bonds is 8. The molecule has 0 aliphatic carbocycles. The smallest absolute Gasteiger partial charge is 0.167 e. The van der Waals surface area contributed by atoms with E-state index in [2.05, 4.69) is 17.0 Å². The second-order valence-corrected chi connectivity index (χ2v) is 6.78. The Balaban J connectivity index is 1.74. The SMILES string of the molecule is CC(=O)CC[C@H](C)c1c[nH]c2cc(F)c(OCCn3ccc(C)n3)cc12. The van der Waals surface area contributed by atoms with Crippen molar-refractivity contribution in [2.24, 2.45) is 0 Å². The fourth-order valence-corrected chi connectivity index (χ4v) is 3.08. The summed E-state index contributed by atoms with van der Waals surface area (Å²) in [5.41, 5.74) is 2.75. The highest BCUT2D eigenvalue weighted by Gasteiger charge is 2.15. The largest absolute Gasteiger partial charge is 0.489 e. The van der Waals surface area contributed by atoms with Gasteiger partial charge in [0.25, 0.3) is 0 Å². The number of carbonyl (C=O) groups is 1. The maximum absolute atomic E-state index is 14.3. The lowest BCUT2D eigenvalue weighted by molar-refractivity contribution is -0.117. The number of aromatic nitrogens is 3. The number of nitrogens with zero attached hydrogens (tertiary/aromatic N) is 2. The summed E-state index contributed by atoms with van der Waals surface area (Å²) in [5.74, 6) is 0.235. The number of aryl methyl sites for hydroxylation is 1. The molecule has 0 saturated carbocycles. The molecule has 6 heteroatoms. The van der Waals surface area contributed by atoms with E-state index in [4.69, 9.17) is 4.74 Å². The molecule has 0 unspecified atom stereocenters. The summed E-state index contributed by atoms with van der Waals surface area (Å²) in [5, 5.41) is 5.23. The topological polar surface area (TPSA) is 59.9 Å². The van der Waals surface area contributed by atoms with E-state index in [0.29, 0.717) is 19.6 Å². The molecule has 26 heavy (non-hydrogen) atoms. The number of hydrogen-bond donors (Lipinski definition) is 1. The van der Waals surface area contributed by atoms with Crippen LogP contribution < -0.4 is 4.74 Å². The first-order chi connectivity index (χ1) is 12.4. The van der Waals surface area contributed by atoms with Crippen LogP contribution in [0.5, 0.6) is 5.75 Å². The number of benzene rings is 1. The van der Waals surface area contributed by atoms with Crippen LogP contribution in [-0.4, -0.2) is 27.2 Å². The van der Waals surface area contributed by atoms with Crippen molar-refractivity contribution >= 4 is 16.7 Å². The Morgan fingerprint density at radius 3 is 2.92 bits per heavy atom. The molecule has 3 aromatic rings. The third kappa shape index (κ3) is 4.12. The highest BCUT2D eigenvalue weighted by molar-refractivity contribution is 5.85. The van der Waals surface area contributed by atoms with Crippen molar-refractivity contribution in [3.63, 3.8) is 0 Å². The van der Waals surface area contributed by atoms with Gasteiger partial charge in [0.15, 0.2) is 11.6 Å². The molecule has 5 nitrogen and oxygen atoms in total. The molecule has 0 amide bonds. The van der Waals surface area contributed by atoms with Gasteiger partial charge in [-0.2, -0.15) is 5.10 Å². The standard InChI is InChI=1S/C20H24FN3O2/c1-13(4-5-15(3)25)17-12-22-19-11-18(21)20(10-16(17)19)26-9-8-24-7-6-14(2)23-24/h6-7,10-13,22H,4-5,8-9H2,1-3H3/t13-/m0/s1. The zero-order chi connectivity index (χ0) is 18.7. The molecule has 2 heterocycles. The van der Waals surface area contributed by atoms with E-state index >= 15 is 0 Å². The highest BCUT2D eigenvalue weighted by atomic mass is 19.1. The Morgan fingerprint density at radius 1 is 1.42 bits per heavy atom. The van der Waals surface area contributed by atoms with Gasteiger partial charge in [0, 0.05) is 35.8 Å². The van der Waals surface area contributed by atoms with E-state index < -0.39 is 0 Å². The van der Waals surface area contributed by atoms with Gasteiger partial charge in [0.2, 0.25) is 0 Å². The molecule has 0 aliphatic heterocycles. The van der Waals surface area contributed by atoms with E-state index in [1.54, 1.807) is 17.7 Å². The van der Waals surface area contributed by atoms with Gasteiger partial charge in [-0.05, 0) is 43.9 Å². The molecule has 0 aliphatic rings.